The van der Waals surface area contributed by atoms with E-state index < -0.39 is 0 Å². The lowest BCUT2D eigenvalue weighted by Gasteiger charge is -2.04. The van der Waals surface area contributed by atoms with Crippen molar-refractivity contribution in [3.63, 3.8) is 0 Å². The topological polar surface area (TPSA) is 85.8 Å². The lowest BCUT2D eigenvalue weighted by Crippen LogP contribution is -2.25. The van der Waals surface area contributed by atoms with E-state index in [1.54, 1.807) is 12.5 Å². The number of imidazole rings is 1. The maximum atomic E-state index is 11.9. The zero-order valence-corrected chi connectivity index (χ0v) is 14.2. The van der Waals surface area contributed by atoms with E-state index in [9.17, 15) is 4.79 Å². The van der Waals surface area contributed by atoms with Gasteiger partial charge in [-0.3, -0.25) is 4.79 Å². The molecule has 0 aliphatic rings. The number of aryl methyl sites for hydroxylation is 3. The smallest absolute Gasteiger partial charge is 0.247 e. The molecule has 1 N–H and O–H groups in total. The molecule has 2 heterocycles. The predicted octanol–water partition coefficient (Wildman–Crippen LogP) is 2.38. The van der Waals surface area contributed by atoms with Gasteiger partial charge in [0, 0.05) is 43.9 Å². The van der Waals surface area contributed by atoms with Gasteiger partial charge in [-0.15, -0.1) is 10.2 Å². The third kappa shape index (κ3) is 5.00. The molecule has 0 radical (unpaired) electrons. The molecular formula is C18H21N5O2. The summed E-state index contributed by atoms with van der Waals surface area (Å²) in [5, 5.41) is 10.9. The number of hydrogen-bond acceptors (Lipinski definition) is 5. The normalized spacial score (nSPS) is 10.8. The third-order valence-electron chi connectivity index (χ3n) is 3.81. The number of hydrogen-bond donors (Lipinski definition) is 1. The Morgan fingerprint density at radius 1 is 1.24 bits per heavy atom. The van der Waals surface area contributed by atoms with Gasteiger partial charge in [0.2, 0.25) is 17.7 Å². The van der Waals surface area contributed by atoms with Crippen molar-refractivity contribution in [3.05, 3.63) is 54.4 Å². The molecule has 2 aromatic heterocycles. The highest BCUT2D eigenvalue weighted by molar-refractivity contribution is 5.75. The molecule has 3 rings (SSSR count). The van der Waals surface area contributed by atoms with Crippen LogP contribution in [0.25, 0.3) is 11.5 Å². The van der Waals surface area contributed by atoms with Crippen LogP contribution in [0.4, 0.5) is 0 Å². The Balaban J connectivity index is 1.39. The first-order valence-electron chi connectivity index (χ1n) is 8.32. The summed E-state index contributed by atoms with van der Waals surface area (Å²) in [5.74, 6) is 0.945. The minimum atomic E-state index is -0.0132. The minimum absolute atomic E-state index is 0.0132. The summed E-state index contributed by atoms with van der Waals surface area (Å²) in [6, 6.07) is 7.88. The van der Waals surface area contributed by atoms with Crippen molar-refractivity contribution in [1.82, 2.24) is 25.1 Å². The van der Waals surface area contributed by atoms with Crippen LogP contribution < -0.4 is 5.32 Å². The van der Waals surface area contributed by atoms with Crippen molar-refractivity contribution in [2.45, 2.75) is 32.7 Å². The fourth-order valence-electron chi connectivity index (χ4n) is 2.38. The minimum Gasteiger partial charge on any atom is -0.421 e. The average Bonchev–Trinajstić information content (AvgIpc) is 3.29. The Labute approximate surface area is 146 Å². The standard InChI is InChI=1S/C18H21N5O2/c1-14-3-5-15(6-4-14)18-22-21-17(25-18)8-7-16(24)20-9-2-11-23-12-10-19-13-23/h3-6,10,12-13H,2,7-9,11H2,1H3,(H,20,24). The van der Waals surface area contributed by atoms with Gasteiger partial charge < -0.3 is 14.3 Å². The van der Waals surface area contributed by atoms with Crippen LogP contribution in [0, 0.1) is 6.92 Å². The van der Waals surface area contributed by atoms with Gasteiger partial charge in [0.25, 0.3) is 0 Å². The average molecular weight is 339 g/mol. The Hall–Kier alpha value is -2.96. The van der Waals surface area contributed by atoms with E-state index in [1.165, 1.54) is 5.56 Å². The van der Waals surface area contributed by atoms with E-state index in [0.717, 1.165) is 18.5 Å². The summed E-state index contributed by atoms with van der Waals surface area (Å²) in [6.07, 6.45) is 7.05. The fraction of sp³-hybridized carbons (Fsp3) is 0.333. The monoisotopic (exact) mass is 339 g/mol. The molecule has 0 saturated heterocycles. The van der Waals surface area contributed by atoms with Crippen LogP contribution in [-0.2, 0) is 17.8 Å². The van der Waals surface area contributed by atoms with Gasteiger partial charge in [-0.05, 0) is 25.5 Å². The first kappa shape index (κ1) is 16.9. The number of nitrogens with one attached hydrogen (secondary N) is 1. The summed E-state index contributed by atoms with van der Waals surface area (Å²) < 4.78 is 7.61. The highest BCUT2D eigenvalue weighted by atomic mass is 16.4. The third-order valence-corrected chi connectivity index (χ3v) is 3.81. The predicted molar refractivity (Wildman–Crippen MR) is 92.6 cm³/mol. The van der Waals surface area contributed by atoms with Crippen LogP contribution in [-0.4, -0.2) is 32.2 Å². The van der Waals surface area contributed by atoms with Gasteiger partial charge >= 0.3 is 0 Å². The summed E-state index contributed by atoms with van der Waals surface area (Å²) in [4.78, 5) is 15.9. The molecule has 3 aromatic rings. The van der Waals surface area contributed by atoms with Crippen molar-refractivity contribution >= 4 is 5.91 Å². The molecule has 0 spiro atoms. The van der Waals surface area contributed by atoms with Gasteiger partial charge in [0.05, 0.1) is 6.33 Å². The Kier molecular flexibility index (Phi) is 5.56. The molecule has 0 atom stereocenters. The number of carbonyl (C=O) groups excluding carboxylic acids is 1. The van der Waals surface area contributed by atoms with Gasteiger partial charge in [0.15, 0.2) is 0 Å². The molecule has 7 nitrogen and oxygen atoms in total. The summed E-state index contributed by atoms with van der Waals surface area (Å²) in [6.45, 7) is 3.50. The summed E-state index contributed by atoms with van der Waals surface area (Å²) in [5.41, 5.74) is 2.06. The van der Waals surface area contributed by atoms with E-state index in [0.29, 0.717) is 31.2 Å². The zero-order chi connectivity index (χ0) is 17.5. The number of amides is 1. The molecular weight excluding hydrogens is 318 g/mol. The van der Waals surface area contributed by atoms with Crippen molar-refractivity contribution in [2.75, 3.05) is 6.54 Å². The second-order valence-electron chi connectivity index (χ2n) is 5.87. The van der Waals surface area contributed by atoms with Crippen molar-refractivity contribution in [3.8, 4) is 11.5 Å². The van der Waals surface area contributed by atoms with Crippen LogP contribution in [0.3, 0.4) is 0 Å². The molecule has 0 saturated carbocycles. The number of nitrogens with zero attached hydrogens (tertiary/aromatic N) is 4. The lowest BCUT2D eigenvalue weighted by molar-refractivity contribution is -0.121. The van der Waals surface area contributed by atoms with E-state index in [2.05, 4.69) is 20.5 Å². The van der Waals surface area contributed by atoms with Crippen LogP contribution in [0.1, 0.15) is 24.3 Å². The molecule has 7 heteroatoms. The molecule has 1 amide bonds. The highest BCUT2D eigenvalue weighted by Gasteiger charge is 2.10. The lowest BCUT2D eigenvalue weighted by atomic mass is 10.1. The van der Waals surface area contributed by atoms with E-state index in [-0.39, 0.29) is 5.91 Å². The SMILES string of the molecule is Cc1ccc(-c2nnc(CCC(=O)NCCCn3ccnc3)o2)cc1. The molecule has 0 aliphatic carbocycles. The first-order valence-corrected chi connectivity index (χ1v) is 8.32. The Bertz CT molecular complexity index is 793. The van der Waals surface area contributed by atoms with Gasteiger partial charge in [-0.2, -0.15) is 0 Å². The largest absolute Gasteiger partial charge is 0.421 e. The highest BCUT2D eigenvalue weighted by Crippen LogP contribution is 2.18. The van der Waals surface area contributed by atoms with E-state index in [4.69, 9.17) is 4.42 Å². The first-order chi connectivity index (χ1) is 12.2. The van der Waals surface area contributed by atoms with Gasteiger partial charge in [0.1, 0.15) is 0 Å². The molecule has 0 aliphatic heterocycles. The summed E-state index contributed by atoms with van der Waals surface area (Å²) in [7, 11) is 0. The maximum absolute atomic E-state index is 11.9. The molecule has 1 aromatic carbocycles. The fourth-order valence-corrected chi connectivity index (χ4v) is 2.38. The summed E-state index contributed by atoms with van der Waals surface area (Å²) >= 11 is 0. The Morgan fingerprint density at radius 3 is 2.84 bits per heavy atom. The number of carbonyl (C=O) groups is 1. The Morgan fingerprint density at radius 2 is 2.08 bits per heavy atom. The molecule has 25 heavy (non-hydrogen) atoms. The number of rotatable bonds is 8. The van der Waals surface area contributed by atoms with Crippen LogP contribution in [0.15, 0.2) is 47.4 Å². The molecule has 0 fully saturated rings. The second kappa shape index (κ2) is 8.23. The van der Waals surface area contributed by atoms with Crippen molar-refractivity contribution < 1.29 is 9.21 Å². The second-order valence-corrected chi connectivity index (χ2v) is 5.87. The number of aromatic nitrogens is 4. The molecule has 0 unspecified atom stereocenters. The van der Waals surface area contributed by atoms with Gasteiger partial charge in [-0.1, -0.05) is 17.7 Å². The zero-order valence-electron chi connectivity index (χ0n) is 14.2. The van der Waals surface area contributed by atoms with Gasteiger partial charge in [-0.25, -0.2) is 4.98 Å². The van der Waals surface area contributed by atoms with E-state index >= 15 is 0 Å². The van der Waals surface area contributed by atoms with E-state index in [1.807, 2.05) is 42.0 Å². The van der Waals surface area contributed by atoms with Crippen molar-refractivity contribution in [1.29, 1.82) is 0 Å². The maximum Gasteiger partial charge on any atom is 0.247 e. The molecule has 130 valence electrons. The van der Waals surface area contributed by atoms with Crippen molar-refractivity contribution in [2.24, 2.45) is 0 Å². The number of benzene rings is 1. The van der Waals surface area contributed by atoms with Crippen LogP contribution in [0.2, 0.25) is 0 Å². The van der Waals surface area contributed by atoms with Crippen LogP contribution in [0.5, 0.6) is 0 Å². The quantitative estimate of drug-likeness (QED) is 0.637. The van der Waals surface area contributed by atoms with Crippen LogP contribution >= 0.6 is 0 Å². The molecule has 0 bridgehead atoms.